The van der Waals surface area contributed by atoms with Crippen molar-refractivity contribution in [2.24, 2.45) is 5.92 Å². The van der Waals surface area contributed by atoms with Gasteiger partial charge in [0.25, 0.3) is 0 Å². The van der Waals surface area contributed by atoms with Crippen LogP contribution in [0.1, 0.15) is 37.7 Å². The lowest BCUT2D eigenvalue weighted by molar-refractivity contribution is -0.921. The Balaban J connectivity index is 0.000000469. The number of benzene rings is 1. The zero-order valence-corrected chi connectivity index (χ0v) is 18.8. The molecule has 0 aliphatic carbocycles. The lowest BCUT2D eigenvalue weighted by Gasteiger charge is -2.34. The number of piperidine rings is 2. The van der Waals surface area contributed by atoms with Crippen LogP contribution in [0.5, 0.6) is 5.75 Å². The van der Waals surface area contributed by atoms with Crippen molar-refractivity contribution in [3.8, 4) is 5.75 Å². The summed E-state index contributed by atoms with van der Waals surface area (Å²) in [5.74, 6) is -2.47. The highest BCUT2D eigenvalue weighted by atomic mass is 79.9. The summed E-state index contributed by atoms with van der Waals surface area (Å²) in [5.41, 5.74) is 1.22. The molecule has 0 spiro atoms. The number of ether oxygens (including phenoxy) is 1. The Morgan fingerprint density at radius 1 is 1.23 bits per heavy atom. The van der Waals surface area contributed by atoms with E-state index in [4.69, 9.17) is 24.5 Å². The van der Waals surface area contributed by atoms with E-state index in [0.717, 1.165) is 55.8 Å². The van der Waals surface area contributed by atoms with Crippen molar-refractivity contribution < 1.29 is 34.2 Å². The van der Waals surface area contributed by atoms with Crippen molar-refractivity contribution in [2.45, 2.75) is 38.6 Å². The molecular formula is C21H29BrN2O6. The molecule has 8 nitrogen and oxygen atoms in total. The molecule has 3 rings (SSSR count). The van der Waals surface area contributed by atoms with Crippen LogP contribution >= 0.6 is 15.9 Å². The van der Waals surface area contributed by atoms with Gasteiger partial charge in [-0.15, -0.1) is 0 Å². The minimum absolute atomic E-state index is 0.199. The largest absolute Gasteiger partial charge is 0.539 e. The fourth-order valence-electron chi connectivity index (χ4n) is 4.05. The van der Waals surface area contributed by atoms with Gasteiger partial charge in [0.2, 0.25) is 5.91 Å². The van der Waals surface area contributed by atoms with Crippen LogP contribution in [-0.4, -0.2) is 61.1 Å². The minimum atomic E-state index is -2.07. The number of rotatable bonds is 4. The third-order valence-corrected chi connectivity index (χ3v) is 5.99. The lowest BCUT2D eigenvalue weighted by atomic mass is 9.95. The maximum atomic E-state index is 12.8. The van der Waals surface area contributed by atoms with E-state index in [-0.39, 0.29) is 5.92 Å². The molecule has 1 aromatic rings. The molecule has 0 saturated carbocycles. The van der Waals surface area contributed by atoms with E-state index in [1.807, 2.05) is 12.1 Å². The molecule has 9 heteroatoms. The summed E-state index contributed by atoms with van der Waals surface area (Å²) >= 11 is 3.55. The first-order chi connectivity index (χ1) is 14.3. The van der Waals surface area contributed by atoms with Crippen molar-refractivity contribution in [2.75, 3.05) is 33.3 Å². The summed E-state index contributed by atoms with van der Waals surface area (Å²) in [6.45, 7) is 4.94. The molecule has 2 aliphatic rings. The second-order valence-electron chi connectivity index (χ2n) is 7.65. The smallest absolute Gasteiger partial charge is 0.351 e. The maximum absolute atomic E-state index is 12.8. The van der Waals surface area contributed by atoms with Crippen molar-refractivity contribution in [3.05, 3.63) is 28.2 Å². The normalized spacial score (nSPS) is 21.2. The van der Waals surface area contributed by atoms with E-state index in [9.17, 15) is 4.79 Å². The first-order valence-corrected chi connectivity index (χ1v) is 11.0. The lowest BCUT2D eigenvalue weighted by Crippen LogP contribution is -3.12. The third kappa shape index (κ3) is 7.28. The van der Waals surface area contributed by atoms with Gasteiger partial charge in [-0.1, -0.05) is 15.9 Å². The number of carboxylic acids is 2. The van der Waals surface area contributed by atoms with Crippen LogP contribution in [0.3, 0.4) is 0 Å². The van der Waals surface area contributed by atoms with E-state index in [1.165, 1.54) is 29.7 Å². The highest BCUT2D eigenvalue weighted by Gasteiger charge is 2.32. The van der Waals surface area contributed by atoms with Crippen LogP contribution in [0.4, 0.5) is 0 Å². The Morgan fingerprint density at radius 3 is 2.50 bits per heavy atom. The predicted octanol–water partition coefficient (Wildman–Crippen LogP) is 0.0860. The number of halogens is 1. The number of likely N-dealkylation sites (tertiary alicyclic amines) is 2. The van der Waals surface area contributed by atoms with Crippen LogP contribution in [0.2, 0.25) is 0 Å². The van der Waals surface area contributed by atoms with Gasteiger partial charge in [0, 0.05) is 23.1 Å². The molecule has 2 N–H and O–H groups in total. The van der Waals surface area contributed by atoms with Crippen LogP contribution in [0.25, 0.3) is 0 Å². The minimum Gasteiger partial charge on any atom is -0.539 e. The van der Waals surface area contributed by atoms with Crippen molar-refractivity contribution >= 4 is 33.8 Å². The van der Waals surface area contributed by atoms with Crippen LogP contribution < -0.4 is 14.7 Å². The van der Waals surface area contributed by atoms with Crippen LogP contribution in [0.15, 0.2) is 22.7 Å². The zero-order chi connectivity index (χ0) is 22.1. The molecule has 2 unspecified atom stereocenters. The second kappa shape index (κ2) is 11.9. The molecule has 30 heavy (non-hydrogen) atoms. The molecule has 1 amide bonds. The van der Waals surface area contributed by atoms with Gasteiger partial charge >= 0.3 is 5.97 Å². The topological polar surface area (TPSA) is 111 Å². The SMILES string of the molecule is COc1ccc(Br)cc1C[NH+]1CCCC(C(=O)N2CCCCC2)C1.O=C([O-])C(=O)O. The summed E-state index contributed by atoms with van der Waals surface area (Å²) < 4.78 is 6.58. The highest BCUT2D eigenvalue weighted by Crippen LogP contribution is 2.23. The van der Waals surface area contributed by atoms with Gasteiger partial charge in [0.05, 0.1) is 26.1 Å². The Bertz CT molecular complexity index is 739. The van der Waals surface area contributed by atoms with Crippen molar-refractivity contribution in [3.63, 3.8) is 0 Å². The molecule has 2 aliphatic heterocycles. The number of quaternary nitrogens is 1. The Labute approximate surface area is 184 Å². The molecule has 0 aromatic heterocycles. The summed E-state index contributed by atoms with van der Waals surface area (Å²) in [4.78, 5) is 34.4. The first kappa shape index (κ1) is 24.1. The number of hydrogen-bond acceptors (Lipinski definition) is 5. The Morgan fingerprint density at radius 2 is 1.90 bits per heavy atom. The monoisotopic (exact) mass is 484 g/mol. The maximum Gasteiger partial charge on any atom is 0.351 e. The number of carbonyl (C=O) groups is 3. The molecule has 2 atom stereocenters. The summed E-state index contributed by atoms with van der Waals surface area (Å²) in [5, 5.41) is 16.3. The number of aliphatic carboxylic acids is 2. The van der Waals surface area contributed by atoms with Crippen molar-refractivity contribution in [1.29, 1.82) is 0 Å². The van der Waals surface area contributed by atoms with Crippen LogP contribution in [0, 0.1) is 5.92 Å². The highest BCUT2D eigenvalue weighted by molar-refractivity contribution is 9.10. The summed E-state index contributed by atoms with van der Waals surface area (Å²) in [7, 11) is 1.72. The van der Waals surface area contributed by atoms with Crippen molar-refractivity contribution in [1.82, 2.24) is 4.90 Å². The Hall–Kier alpha value is -2.13. The van der Waals surface area contributed by atoms with Gasteiger partial charge in [-0.05, 0) is 50.3 Å². The van der Waals surface area contributed by atoms with Gasteiger partial charge in [-0.2, -0.15) is 0 Å². The van der Waals surface area contributed by atoms with E-state index in [0.29, 0.717) is 5.91 Å². The number of methoxy groups -OCH3 is 1. The quantitative estimate of drug-likeness (QED) is 0.585. The molecule has 0 radical (unpaired) electrons. The molecule has 2 saturated heterocycles. The third-order valence-electron chi connectivity index (χ3n) is 5.49. The van der Waals surface area contributed by atoms with E-state index >= 15 is 0 Å². The molecular weight excluding hydrogens is 456 g/mol. The summed E-state index contributed by atoms with van der Waals surface area (Å²) in [6.07, 6.45) is 5.80. The number of hydrogen-bond donors (Lipinski definition) is 2. The van der Waals surface area contributed by atoms with Gasteiger partial charge in [-0.25, -0.2) is 4.79 Å². The molecule has 0 bridgehead atoms. The second-order valence-corrected chi connectivity index (χ2v) is 8.57. The fourth-order valence-corrected chi connectivity index (χ4v) is 4.46. The fraction of sp³-hybridized carbons (Fsp3) is 0.571. The number of carbonyl (C=O) groups excluding carboxylic acids is 2. The first-order valence-electron chi connectivity index (χ1n) is 10.2. The number of nitrogens with one attached hydrogen (secondary N) is 1. The number of amides is 1. The Kier molecular flexibility index (Phi) is 9.58. The number of carboxylic acid groups (broad SMARTS) is 2. The van der Waals surface area contributed by atoms with E-state index in [1.54, 1.807) is 7.11 Å². The average Bonchev–Trinajstić information content (AvgIpc) is 2.74. The molecule has 166 valence electrons. The predicted molar refractivity (Wildman–Crippen MR) is 111 cm³/mol. The average molecular weight is 485 g/mol. The van der Waals surface area contributed by atoms with E-state index in [2.05, 4.69) is 26.9 Å². The molecule has 2 heterocycles. The molecule has 2 fully saturated rings. The van der Waals surface area contributed by atoms with Crippen LogP contribution in [-0.2, 0) is 20.9 Å². The molecule has 1 aromatic carbocycles. The van der Waals surface area contributed by atoms with E-state index < -0.39 is 11.9 Å². The van der Waals surface area contributed by atoms with Gasteiger partial charge in [0.15, 0.2) is 5.97 Å². The standard InChI is InChI=1S/C19H27BrN2O2.C2H2O4/c1-24-18-8-7-17(20)12-16(18)14-21-9-5-6-15(13-21)19(23)22-10-3-2-4-11-22;3-1(4)2(5)6/h7-8,12,15H,2-6,9-11,13-14H2,1H3;(H,3,4)(H,5,6). The number of nitrogens with zero attached hydrogens (tertiary/aromatic N) is 1. The van der Waals surface area contributed by atoms with Gasteiger partial charge < -0.3 is 29.5 Å². The van der Waals surface area contributed by atoms with Gasteiger partial charge in [-0.3, -0.25) is 4.79 Å². The summed E-state index contributed by atoms with van der Waals surface area (Å²) in [6, 6.07) is 6.16. The zero-order valence-electron chi connectivity index (χ0n) is 17.2. The van der Waals surface area contributed by atoms with Gasteiger partial charge in [0.1, 0.15) is 12.3 Å².